The SMILES string of the molecule is Clc1ccc(Cc2ncc3c(n2)CCNC3)c(Cl)c1. The van der Waals surface area contributed by atoms with Crippen LogP contribution in [0.3, 0.4) is 0 Å². The van der Waals surface area contributed by atoms with Gasteiger partial charge in [0.25, 0.3) is 0 Å². The second-order valence-electron chi connectivity index (χ2n) is 4.60. The van der Waals surface area contributed by atoms with Crippen LogP contribution in [-0.2, 0) is 19.4 Å². The lowest BCUT2D eigenvalue weighted by Crippen LogP contribution is -2.25. The van der Waals surface area contributed by atoms with Gasteiger partial charge in [0.2, 0.25) is 0 Å². The third kappa shape index (κ3) is 2.89. The molecule has 98 valence electrons. The lowest BCUT2D eigenvalue weighted by Gasteiger charge is -2.16. The summed E-state index contributed by atoms with van der Waals surface area (Å²) in [6, 6.07) is 5.51. The molecule has 0 atom stereocenters. The average Bonchev–Trinajstić information content (AvgIpc) is 2.42. The molecule has 0 radical (unpaired) electrons. The molecule has 3 rings (SSSR count). The number of halogens is 2. The standard InChI is InChI=1S/C14H13Cl2N3/c15-11-2-1-9(12(16)6-11)5-14-18-8-10-7-17-4-3-13(10)19-14/h1-2,6,8,17H,3-5,7H2. The number of fused-ring (bicyclic) bond motifs is 1. The predicted molar refractivity (Wildman–Crippen MR) is 76.7 cm³/mol. The average molecular weight is 294 g/mol. The summed E-state index contributed by atoms with van der Waals surface area (Å²) in [4.78, 5) is 9.04. The van der Waals surface area contributed by atoms with E-state index < -0.39 is 0 Å². The summed E-state index contributed by atoms with van der Waals surface area (Å²) in [5.74, 6) is 0.810. The van der Waals surface area contributed by atoms with E-state index in [1.165, 1.54) is 5.56 Å². The van der Waals surface area contributed by atoms with Crippen LogP contribution >= 0.6 is 23.2 Å². The maximum atomic E-state index is 6.17. The molecule has 0 saturated carbocycles. The van der Waals surface area contributed by atoms with Crippen LogP contribution in [0.15, 0.2) is 24.4 Å². The minimum Gasteiger partial charge on any atom is -0.312 e. The molecule has 1 N–H and O–H groups in total. The molecule has 0 aliphatic carbocycles. The second-order valence-corrected chi connectivity index (χ2v) is 5.44. The van der Waals surface area contributed by atoms with Crippen molar-refractivity contribution in [1.82, 2.24) is 15.3 Å². The minimum atomic E-state index is 0.636. The van der Waals surface area contributed by atoms with E-state index in [1.54, 1.807) is 6.07 Å². The third-order valence-electron chi connectivity index (χ3n) is 3.22. The Hall–Kier alpha value is -1.16. The second kappa shape index (κ2) is 5.45. The molecule has 2 aromatic rings. The van der Waals surface area contributed by atoms with Gasteiger partial charge >= 0.3 is 0 Å². The quantitative estimate of drug-likeness (QED) is 0.925. The van der Waals surface area contributed by atoms with Gasteiger partial charge in [0.15, 0.2) is 0 Å². The zero-order valence-electron chi connectivity index (χ0n) is 10.3. The zero-order valence-corrected chi connectivity index (χ0v) is 11.8. The van der Waals surface area contributed by atoms with Gasteiger partial charge in [-0.15, -0.1) is 0 Å². The van der Waals surface area contributed by atoms with Crippen molar-refractivity contribution in [2.24, 2.45) is 0 Å². The molecule has 1 aliphatic rings. The Kier molecular flexibility index (Phi) is 3.69. The summed E-state index contributed by atoms with van der Waals surface area (Å²) in [5, 5.41) is 4.62. The van der Waals surface area contributed by atoms with Crippen molar-refractivity contribution in [3.05, 3.63) is 57.1 Å². The highest BCUT2D eigenvalue weighted by molar-refractivity contribution is 6.35. The third-order valence-corrected chi connectivity index (χ3v) is 3.81. The highest BCUT2D eigenvalue weighted by Gasteiger charge is 2.12. The van der Waals surface area contributed by atoms with Crippen molar-refractivity contribution in [2.45, 2.75) is 19.4 Å². The largest absolute Gasteiger partial charge is 0.312 e. The number of nitrogens with one attached hydrogen (secondary N) is 1. The predicted octanol–water partition coefficient (Wildman–Crippen LogP) is 3.02. The normalized spacial score (nSPS) is 14.2. The summed E-state index contributed by atoms with van der Waals surface area (Å²) in [5.41, 5.74) is 3.34. The molecule has 0 fully saturated rings. The summed E-state index contributed by atoms with van der Waals surface area (Å²) in [6.07, 6.45) is 3.50. The highest BCUT2D eigenvalue weighted by atomic mass is 35.5. The molecule has 1 aromatic carbocycles. The molecular formula is C14H13Cl2N3. The van der Waals surface area contributed by atoms with E-state index in [2.05, 4.69) is 15.3 Å². The first-order chi connectivity index (χ1) is 9.22. The van der Waals surface area contributed by atoms with E-state index >= 15 is 0 Å². The Bertz CT molecular complexity index is 614. The van der Waals surface area contributed by atoms with Crippen molar-refractivity contribution in [3.63, 3.8) is 0 Å². The van der Waals surface area contributed by atoms with Crippen LogP contribution in [0.25, 0.3) is 0 Å². The van der Waals surface area contributed by atoms with Crippen molar-refractivity contribution < 1.29 is 0 Å². The van der Waals surface area contributed by atoms with Crippen LogP contribution in [0.5, 0.6) is 0 Å². The summed E-state index contributed by atoms with van der Waals surface area (Å²) >= 11 is 12.1. The van der Waals surface area contributed by atoms with Crippen LogP contribution in [0.1, 0.15) is 22.6 Å². The van der Waals surface area contributed by atoms with Crippen LogP contribution in [-0.4, -0.2) is 16.5 Å². The van der Waals surface area contributed by atoms with Crippen LogP contribution in [0, 0.1) is 0 Å². The van der Waals surface area contributed by atoms with E-state index in [9.17, 15) is 0 Å². The topological polar surface area (TPSA) is 37.8 Å². The molecular weight excluding hydrogens is 281 g/mol. The van der Waals surface area contributed by atoms with E-state index in [1.807, 2.05) is 18.3 Å². The van der Waals surface area contributed by atoms with Gasteiger partial charge < -0.3 is 5.32 Å². The number of nitrogens with zero attached hydrogens (tertiary/aromatic N) is 2. The molecule has 2 heterocycles. The summed E-state index contributed by atoms with van der Waals surface area (Å²) < 4.78 is 0. The number of aromatic nitrogens is 2. The molecule has 0 saturated heterocycles. The first-order valence-corrected chi connectivity index (χ1v) is 6.96. The first kappa shape index (κ1) is 12.9. The fourth-order valence-electron chi connectivity index (χ4n) is 2.20. The first-order valence-electron chi connectivity index (χ1n) is 6.21. The number of hydrogen-bond donors (Lipinski definition) is 1. The maximum Gasteiger partial charge on any atom is 0.132 e. The van der Waals surface area contributed by atoms with Crippen molar-refractivity contribution in [2.75, 3.05) is 6.54 Å². The minimum absolute atomic E-state index is 0.636. The number of benzene rings is 1. The van der Waals surface area contributed by atoms with Crippen molar-refractivity contribution in [1.29, 1.82) is 0 Å². The Morgan fingerprint density at radius 3 is 3.00 bits per heavy atom. The van der Waals surface area contributed by atoms with Gasteiger partial charge in [-0.1, -0.05) is 29.3 Å². The van der Waals surface area contributed by atoms with Crippen LogP contribution < -0.4 is 5.32 Å². The van der Waals surface area contributed by atoms with Crippen molar-refractivity contribution >= 4 is 23.2 Å². The Balaban J connectivity index is 1.87. The van der Waals surface area contributed by atoms with Gasteiger partial charge in [-0.3, -0.25) is 0 Å². The molecule has 0 unspecified atom stereocenters. The van der Waals surface area contributed by atoms with Gasteiger partial charge in [-0.05, 0) is 17.7 Å². The lowest BCUT2D eigenvalue weighted by atomic mass is 10.1. The Morgan fingerprint density at radius 2 is 2.16 bits per heavy atom. The number of rotatable bonds is 2. The fraction of sp³-hybridized carbons (Fsp3) is 0.286. The number of hydrogen-bond acceptors (Lipinski definition) is 3. The van der Waals surface area contributed by atoms with Gasteiger partial charge in [-0.25, -0.2) is 9.97 Å². The Labute approximate surface area is 122 Å². The van der Waals surface area contributed by atoms with E-state index in [0.29, 0.717) is 16.5 Å². The van der Waals surface area contributed by atoms with Crippen LogP contribution in [0.2, 0.25) is 10.0 Å². The molecule has 1 aromatic heterocycles. The van der Waals surface area contributed by atoms with Gasteiger partial charge in [-0.2, -0.15) is 0 Å². The van der Waals surface area contributed by atoms with E-state index in [4.69, 9.17) is 23.2 Å². The molecule has 1 aliphatic heterocycles. The molecule has 0 spiro atoms. The molecule has 0 amide bonds. The van der Waals surface area contributed by atoms with E-state index in [0.717, 1.165) is 36.6 Å². The smallest absolute Gasteiger partial charge is 0.132 e. The van der Waals surface area contributed by atoms with Gasteiger partial charge in [0.1, 0.15) is 5.82 Å². The molecule has 5 heteroatoms. The fourth-order valence-corrected chi connectivity index (χ4v) is 2.67. The lowest BCUT2D eigenvalue weighted by molar-refractivity contribution is 0.621. The molecule has 0 bridgehead atoms. The van der Waals surface area contributed by atoms with Gasteiger partial charge in [0.05, 0.1) is 0 Å². The summed E-state index contributed by atoms with van der Waals surface area (Å²) in [6.45, 7) is 1.84. The molecule has 3 nitrogen and oxygen atoms in total. The zero-order chi connectivity index (χ0) is 13.2. The van der Waals surface area contributed by atoms with Crippen LogP contribution in [0.4, 0.5) is 0 Å². The Morgan fingerprint density at radius 1 is 1.26 bits per heavy atom. The van der Waals surface area contributed by atoms with Crippen molar-refractivity contribution in [3.8, 4) is 0 Å². The maximum absolute atomic E-state index is 6.17. The highest BCUT2D eigenvalue weighted by Crippen LogP contribution is 2.23. The van der Waals surface area contributed by atoms with E-state index in [-0.39, 0.29) is 0 Å². The monoisotopic (exact) mass is 293 g/mol. The molecule has 19 heavy (non-hydrogen) atoms. The van der Waals surface area contributed by atoms with Gasteiger partial charge in [0, 0.05) is 53.4 Å². The summed E-state index contributed by atoms with van der Waals surface area (Å²) in [7, 11) is 0.